The van der Waals surface area contributed by atoms with Crippen LogP contribution in [0.3, 0.4) is 0 Å². The lowest BCUT2D eigenvalue weighted by molar-refractivity contribution is -0.136. The third-order valence-electron chi connectivity index (χ3n) is 1.77. The van der Waals surface area contributed by atoms with Crippen molar-refractivity contribution in [1.29, 1.82) is 0 Å². The zero-order valence-corrected chi connectivity index (χ0v) is 8.41. The second kappa shape index (κ2) is 5.14. The highest BCUT2D eigenvalue weighted by atomic mass is 16.4. The van der Waals surface area contributed by atoms with Gasteiger partial charge in [-0.1, -0.05) is 6.92 Å². The van der Waals surface area contributed by atoms with Crippen molar-refractivity contribution in [3.8, 4) is 0 Å². The molecule has 0 spiro atoms. The average Bonchev–Trinajstić information content (AvgIpc) is 2.16. The van der Waals surface area contributed by atoms with E-state index in [0.717, 1.165) is 0 Å². The van der Waals surface area contributed by atoms with Crippen LogP contribution in [0.4, 0.5) is 5.82 Å². The van der Waals surface area contributed by atoms with Gasteiger partial charge in [-0.15, -0.1) is 0 Å². The Balaban J connectivity index is 2.64. The normalized spacial score (nSPS) is 9.93. The van der Waals surface area contributed by atoms with Crippen LogP contribution in [0.1, 0.15) is 19.2 Å². The second-order valence-electron chi connectivity index (χ2n) is 3.00. The Morgan fingerprint density at radius 3 is 3.00 bits per heavy atom. The second-order valence-corrected chi connectivity index (χ2v) is 3.00. The predicted octanol–water partition coefficient (Wildman–Crippen LogP) is 0.219. The van der Waals surface area contributed by atoms with Gasteiger partial charge in [-0.05, 0) is 0 Å². The first-order valence-corrected chi connectivity index (χ1v) is 4.67. The maximum atomic E-state index is 11.1. The van der Waals surface area contributed by atoms with Crippen molar-refractivity contribution < 1.29 is 9.90 Å². The summed E-state index contributed by atoms with van der Waals surface area (Å²) in [7, 11) is 0. The predicted molar refractivity (Wildman–Crippen MR) is 55.0 cm³/mol. The third kappa shape index (κ3) is 3.80. The number of aliphatic carboxylic acids is 1. The van der Waals surface area contributed by atoms with Crippen molar-refractivity contribution >= 4 is 11.8 Å². The van der Waals surface area contributed by atoms with E-state index in [1.165, 1.54) is 6.07 Å². The van der Waals surface area contributed by atoms with Crippen LogP contribution in [-0.4, -0.2) is 27.6 Å². The van der Waals surface area contributed by atoms with Gasteiger partial charge in [0.1, 0.15) is 11.6 Å². The van der Waals surface area contributed by atoms with Gasteiger partial charge in [-0.2, -0.15) is 0 Å². The summed E-state index contributed by atoms with van der Waals surface area (Å²) in [5, 5.41) is 11.2. The number of aromatic amines is 1. The molecular formula is C9H13N3O3. The van der Waals surface area contributed by atoms with Crippen molar-refractivity contribution in [1.82, 2.24) is 9.97 Å². The van der Waals surface area contributed by atoms with Crippen LogP contribution in [-0.2, 0) is 11.2 Å². The van der Waals surface area contributed by atoms with E-state index >= 15 is 0 Å². The average molecular weight is 211 g/mol. The summed E-state index contributed by atoms with van der Waals surface area (Å²) < 4.78 is 0. The van der Waals surface area contributed by atoms with Crippen LogP contribution < -0.4 is 10.9 Å². The molecule has 6 nitrogen and oxygen atoms in total. The molecule has 0 aromatic carbocycles. The number of aryl methyl sites for hydroxylation is 1. The summed E-state index contributed by atoms with van der Waals surface area (Å²) >= 11 is 0. The Kier molecular flexibility index (Phi) is 3.84. The number of H-pyrrole nitrogens is 1. The largest absolute Gasteiger partial charge is 0.481 e. The Bertz CT molecular complexity index is 400. The van der Waals surface area contributed by atoms with Crippen LogP contribution >= 0.6 is 0 Å². The molecule has 6 heteroatoms. The summed E-state index contributed by atoms with van der Waals surface area (Å²) in [5.74, 6) is 0.111. The van der Waals surface area contributed by atoms with E-state index in [2.05, 4.69) is 15.3 Å². The van der Waals surface area contributed by atoms with E-state index in [9.17, 15) is 9.59 Å². The molecule has 0 unspecified atom stereocenters. The molecule has 3 N–H and O–H groups in total. The van der Waals surface area contributed by atoms with Crippen LogP contribution in [0.15, 0.2) is 10.9 Å². The molecule has 0 aliphatic carbocycles. The quantitative estimate of drug-likeness (QED) is 0.647. The number of aromatic nitrogens is 2. The van der Waals surface area contributed by atoms with E-state index in [1.54, 1.807) is 0 Å². The van der Waals surface area contributed by atoms with Crippen LogP contribution in [0.5, 0.6) is 0 Å². The van der Waals surface area contributed by atoms with E-state index in [0.29, 0.717) is 18.1 Å². The summed E-state index contributed by atoms with van der Waals surface area (Å²) in [6, 6.07) is 1.31. The fourth-order valence-electron chi connectivity index (χ4n) is 1.06. The molecular weight excluding hydrogens is 198 g/mol. The minimum Gasteiger partial charge on any atom is -0.481 e. The van der Waals surface area contributed by atoms with Crippen molar-refractivity contribution in [2.45, 2.75) is 19.8 Å². The zero-order chi connectivity index (χ0) is 11.3. The van der Waals surface area contributed by atoms with Gasteiger partial charge in [0.25, 0.3) is 5.56 Å². The molecule has 82 valence electrons. The van der Waals surface area contributed by atoms with Crippen LogP contribution in [0.2, 0.25) is 0 Å². The van der Waals surface area contributed by atoms with Crippen molar-refractivity contribution in [2.75, 3.05) is 11.9 Å². The van der Waals surface area contributed by atoms with Gasteiger partial charge in [-0.25, -0.2) is 4.98 Å². The number of carboxylic acid groups (broad SMARTS) is 1. The molecule has 15 heavy (non-hydrogen) atoms. The van der Waals surface area contributed by atoms with Gasteiger partial charge in [0, 0.05) is 19.0 Å². The molecule has 0 amide bonds. The summed E-state index contributed by atoms with van der Waals surface area (Å²) in [5.41, 5.74) is -0.236. The number of anilines is 1. The summed E-state index contributed by atoms with van der Waals surface area (Å²) in [6.45, 7) is 2.13. The van der Waals surface area contributed by atoms with E-state index in [1.807, 2.05) is 6.92 Å². The molecule has 0 saturated heterocycles. The van der Waals surface area contributed by atoms with Gasteiger partial charge < -0.3 is 15.4 Å². The molecule has 0 aliphatic rings. The highest BCUT2D eigenvalue weighted by Crippen LogP contribution is 1.99. The Labute approximate surface area is 86.4 Å². The van der Waals surface area contributed by atoms with Crippen LogP contribution in [0.25, 0.3) is 0 Å². The number of nitrogens with zero attached hydrogens (tertiary/aromatic N) is 1. The standard InChI is InChI=1S/C9H13N3O3/c1-2-6-11-7(5-8(13)12-6)10-4-3-9(14)15/h5H,2-4H2,1H3,(H,14,15)(H2,10,11,12,13). The molecule has 0 saturated carbocycles. The molecule has 1 aromatic rings. The number of hydrogen-bond acceptors (Lipinski definition) is 4. The summed E-state index contributed by atoms with van der Waals surface area (Å²) in [4.78, 5) is 28.0. The fourth-order valence-corrected chi connectivity index (χ4v) is 1.06. The Morgan fingerprint density at radius 2 is 2.40 bits per heavy atom. The molecule has 0 radical (unpaired) electrons. The first-order chi connectivity index (χ1) is 7.11. The molecule has 1 aromatic heterocycles. The summed E-state index contributed by atoms with van der Waals surface area (Å²) in [6.07, 6.45) is 0.625. The lowest BCUT2D eigenvalue weighted by Crippen LogP contribution is -2.15. The SMILES string of the molecule is CCc1nc(NCCC(=O)O)cc(=O)[nH]1. The monoisotopic (exact) mass is 211 g/mol. The minimum atomic E-state index is -0.886. The smallest absolute Gasteiger partial charge is 0.305 e. The highest BCUT2D eigenvalue weighted by molar-refractivity contribution is 5.67. The molecule has 0 aliphatic heterocycles. The molecule has 0 fully saturated rings. The maximum Gasteiger partial charge on any atom is 0.305 e. The first kappa shape index (κ1) is 11.2. The van der Waals surface area contributed by atoms with Gasteiger partial charge in [0.05, 0.1) is 6.42 Å². The highest BCUT2D eigenvalue weighted by Gasteiger charge is 2.00. The topological polar surface area (TPSA) is 95.1 Å². The van der Waals surface area contributed by atoms with Crippen molar-refractivity contribution in [2.24, 2.45) is 0 Å². The maximum absolute atomic E-state index is 11.1. The minimum absolute atomic E-state index is 0.00403. The van der Waals surface area contributed by atoms with Gasteiger partial charge in [-0.3, -0.25) is 9.59 Å². The number of nitrogens with one attached hydrogen (secondary N) is 2. The van der Waals surface area contributed by atoms with Crippen LogP contribution in [0, 0.1) is 0 Å². The molecule has 1 rings (SSSR count). The Morgan fingerprint density at radius 1 is 1.67 bits per heavy atom. The van der Waals surface area contributed by atoms with E-state index < -0.39 is 5.97 Å². The lowest BCUT2D eigenvalue weighted by atomic mass is 10.4. The number of carboxylic acids is 1. The van der Waals surface area contributed by atoms with Gasteiger partial charge in [0.15, 0.2) is 0 Å². The van der Waals surface area contributed by atoms with E-state index in [-0.39, 0.29) is 18.5 Å². The number of hydrogen-bond donors (Lipinski definition) is 3. The third-order valence-corrected chi connectivity index (χ3v) is 1.77. The number of carbonyl (C=O) groups is 1. The zero-order valence-electron chi connectivity index (χ0n) is 8.41. The first-order valence-electron chi connectivity index (χ1n) is 4.67. The van der Waals surface area contributed by atoms with Crippen molar-refractivity contribution in [3.05, 3.63) is 22.2 Å². The van der Waals surface area contributed by atoms with Crippen molar-refractivity contribution in [3.63, 3.8) is 0 Å². The fraction of sp³-hybridized carbons (Fsp3) is 0.444. The van der Waals surface area contributed by atoms with Gasteiger partial charge in [0.2, 0.25) is 0 Å². The van der Waals surface area contributed by atoms with E-state index in [4.69, 9.17) is 5.11 Å². The number of rotatable bonds is 5. The van der Waals surface area contributed by atoms with Gasteiger partial charge >= 0.3 is 5.97 Å². The molecule has 1 heterocycles. The molecule has 0 bridgehead atoms. The molecule has 0 atom stereocenters. The lowest BCUT2D eigenvalue weighted by Gasteiger charge is -2.04. The Hall–Kier alpha value is -1.85.